The predicted molar refractivity (Wildman–Crippen MR) is 124 cm³/mol. The molecule has 0 bridgehead atoms. The minimum atomic E-state index is -0.0185. The zero-order valence-corrected chi connectivity index (χ0v) is 19.4. The fraction of sp³-hybridized carbons (Fsp3) is 0.591. The van der Waals surface area contributed by atoms with Crippen molar-refractivity contribution in [3.63, 3.8) is 0 Å². The van der Waals surface area contributed by atoms with Gasteiger partial charge in [0.1, 0.15) is 5.75 Å². The van der Waals surface area contributed by atoms with E-state index in [1.807, 2.05) is 24.3 Å². The highest BCUT2D eigenvalue weighted by molar-refractivity contribution is 7.99. The van der Waals surface area contributed by atoms with Gasteiger partial charge in [0, 0.05) is 25.2 Å². The van der Waals surface area contributed by atoms with Gasteiger partial charge in [-0.05, 0) is 25.0 Å². The Bertz CT molecular complexity index is 909. The normalized spacial score (nSPS) is 18.9. The molecule has 2 aromatic rings. The highest BCUT2D eigenvalue weighted by Crippen LogP contribution is 2.34. The van der Waals surface area contributed by atoms with Gasteiger partial charge in [0.15, 0.2) is 5.82 Å². The third-order valence-electron chi connectivity index (χ3n) is 6.43. The van der Waals surface area contributed by atoms with Crippen LogP contribution in [0.4, 0.5) is 0 Å². The first-order valence-electron chi connectivity index (χ1n) is 11.2. The number of rotatable bonds is 8. The van der Waals surface area contributed by atoms with Crippen LogP contribution < -0.4 is 15.9 Å². The zero-order valence-electron chi connectivity index (χ0n) is 18.6. The second-order valence-corrected chi connectivity index (χ2v) is 9.27. The molecule has 1 saturated carbocycles. The first-order valence-corrected chi connectivity index (χ1v) is 12.2. The van der Waals surface area contributed by atoms with Crippen LogP contribution in [0.15, 0.2) is 29.4 Å². The topological polar surface area (TPSA) is 108 Å². The lowest BCUT2D eigenvalue weighted by molar-refractivity contribution is -0.119. The maximum atomic E-state index is 12.7. The summed E-state index contributed by atoms with van der Waals surface area (Å²) in [6.45, 7) is 4.09. The van der Waals surface area contributed by atoms with Crippen molar-refractivity contribution in [1.29, 1.82) is 0 Å². The first-order chi connectivity index (χ1) is 15.6. The Morgan fingerprint density at radius 1 is 1.22 bits per heavy atom. The average Bonchev–Trinajstić information content (AvgIpc) is 3.22. The van der Waals surface area contributed by atoms with Crippen molar-refractivity contribution in [2.24, 2.45) is 0 Å². The highest BCUT2D eigenvalue weighted by Gasteiger charge is 2.38. The van der Waals surface area contributed by atoms with Crippen LogP contribution in [0.25, 0.3) is 11.4 Å². The number of carbonyl (C=O) groups excluding carboxylic acids is 1. The molecule has 1 amide bonds. The molecule has 4 rings (SSSR count). The van der Waals surface area contributed by atoms with Gasteiger partial charge in [-0.3, -0.25) is 9.69 Å². The molecule has 2 heterocycles. The largest absolute Gasteiger partial charge is 0.496 e. The minimum Gasteiger partial charge on any atom is -0.496 e. The number of amides is 1. The number of carbonyl (C=O) groups is 1. The summed E-state index contributed by atoms with van der Waals surface area (Å²) in [5.74, 6) is 7.60. The van der Waals surface area contributed by atoms with Crippen molar-refractivity contribution in [3.05, 3.63) is 24.3 Å². The molecule has 1 saturated heterocycles. The van der Waals surface area contributed by atoms with Gasteiger partial charge in [-0.1, -0.05) is 43.2 Å². The van der Waals surface area contributed by atoms with E-state index in [9.17, 15) is 4.79 Å². The van der Waals surface area contributed by atoms with Gasteiger partial charge in [0.05, 0.1) is 31.6 Å². The second-order valence-electron chi connectivity index (χ2n) is 8.33. The Kier molecular flexibility index (Phi) is 7.54. The molecule has 3 N–H and O–H groups in total. The molecule has 10 heteroatoms. The number of morpholine rings is 1. The van der Waals surface area contributed by atoms with Crippen LogP contribution in [0.2, 0.25) is 0 Å². The molecule has 174 valence electrons. The molecule has 2 aliphatic rings. The number of aromatic nitrogens is 3. The Hall–Kier alpha value is -2.30. The number of thioether (sulfide) groups is 1. The van der Waals surface area contributed by atoms with E-state index in [2.05, 4.69) is 20.4 Å². The Morgan fingerprint density at radius 2 is 1.97 bits per heavy atom. The number of nitrogen functional groups attached to an aromatic ring is 1. The molecule has 1 aromatic heterocycles. The number of nitrogens with one attached hydrogen (secondary N) is 1. The number of hydrogen-bond acceptors (Lipinski definition) is 8. The summed E-state index contributed by atoms with van der Waals surface area (Å²) >= 11 is 1.28. The molecule has 9 nitrogen and oxygen atoms in total. The summed E-state index contributed by atoms with van der Waals surface area (Å²) in [5, 5.41) is 12.0. The molecular weight excluding hydrogens is 428 g/mol. The van der Waals surface area contributed by atoms with E-state index in [-0.39, 0.29) is 17.2 Å². The summed E-state index contributed by atoms with van der Waals surface area (Å²) in [7, 11) is 1.60. The van der Waals surface area contributed by atoms with Gasteiger partial charge >= 0.3 is 0 Å². The third kappa shape index (κ3) is 5.02. The molecule has 0 atom stereocenters. The molecule has 2 fully saturated rings. The van der Waals surface area contributed by atoms with E-state index in [1.54, 1.807) is 7.11 Å². The first kappa shape index (κ1) is 22.9. The number of nitrogens with two attached hydrogens (primary N) is 1. The number of ether oxygens (including phenoxy) is 2. The fourth-order valence-corrected chi connectivity index (χ4v) is 5.37. The van der Waals surface area contributed by atoms with Gasteiger partial charge in [-0.15, -0.1) is 10.2 Å². The van der Waals surface area contributed by atoms with Gasteiger partial charge in [-0.25, -0.2) is 4.68 Å². The maximum Gasteiger partial charge on any atom is 0.230 e. The lowest BCUT2D eigenvalue weighted by Crippen LogP contribution is -2.59. The summed E-state index contributed by atoms with van der Waals surface area (Å²) < 4.78 is 12.3. The number of nitrogens with zero attached hydrogens (tertiary/aromatic N) is 4. The van der Waals surface area contributed by atoms with Crippen molar-refractivity contribution in [2.75, 3.05) is 51.6 Å². The number of para-hydroxylation sites is 1. The number of hydrogen-bond donors (Lipinski definition) is 2. The van der Waals surface area contributed by atoms with E-state index in [0.717, 1.165) is 44.7 Å². The van der Waals surface area contributed by atoms with Crippen molar-refractivity contribution >= 4 is 17.7 Å². The van der Waals surface area contributed by atoms with Gasteiger partial charge in [0.2, 0.25) is 11.1 Å². The summed E-state index contributed by atoms with van der Waals surface area (Å²) in [4.78, 5) is 15.2. The average molecular weight is 461 g/mol. The van der Waals surface area contributed by atoms with E-state index >= 15 is 0 Å². The molecule has 1 aliphatic carbocycles. The highest BCUT2D eigenvalue weighted by atomic mass is 32.2. The predicted octanol–water partition coefficient (Wildman–Crippen LogP) is 1.91. The van der Waals surface area contributed by atoms with E-state index in [1.165, 1.54) is 35.7 Å². The summed E-state index contributed by atoms with van der Waals surface area (Å²) in [5.41, 5.74) is 0.804. The van der Waals surface area contributed by atoms with Crippen molar-refractivity contribution < 1.29 is 14.3 Å². The van der Waals surface area contributed by atoms with Crippen LogP contribution in [0.3, 0.4) is 0 Å². The zero-order chi connectivity index (χ0) is 22.4. The monoisotopic (exact) mass is 460 g/mol. The Morgan fingerprint density at radius 3 is 2.72 bits per heavy atom. The molecule has 1 aliphatic heterocycles. The van der Waals surface area contributed by atoms with E-state index in [4.69, 9.17) is 15.3 Å². The van der Waals surface area contributed by atoms with Crippen LogP contribution in [0, 0.1) is 0 Å². The van der Waals surface area contributed by atoms with Crippen LogP contribution in [-0.2, 0) is 9.53 Å². The maximum absolute atomic E-state index is 12.7. The fourth-order valence-electron chi connectivity index (χ4n) is 4.69. The van der Waals surface area contributed by atoms with Gasteiger partial charge < -0.3 is 20.6 Å². The molecule has 1 aromatic carbocycles. The molecular formula is C22H32N6O3S. The minimum absolute atomic E-state index is 0.0185. The van der Waals surface area contributed by atoms with Gasteiger partial charge in [-0.2, -0.15) is 0 Å². The standard InChI is InChI=1S/C22H32N6O3S/c1-30-18-8-4-3-7-17(18)20-25-26-21(28(20)23)32-15-19(29)24-16-22(9-5-2-6-10-22)27-11-13-31-14-12-27/h3-4,7-8H,2,5-6,9-16,23H2,1H3,(H,24,29). The Labute approximate surface area is 193 Å². The molecule has 32 heavy (non-hydrogen) atoms. The van der Waals surface area contributed by atoms with E-state index in [0.29, 0.717) is 23.3 Å². The van der Waals surface area contributed by atoms with Crippen LogP contribution in [0.1, 0.15) is 32.1 Å². The lowest BCUT2D eigenvalue weighted by Gasteiger charge is -2.48. The van der Waals surface area contributed by atoms with Crippen LogP contribution in [0.5, 0.6) is 5.75 Å². The SMILES string of the molecule is COc1ccccc1-c1nnc(SCC(=O)NCC2(N3CCOCC3)CCCCC2)n1N. The third-order valence-corrected chi connectivity index (χ3v) is 7.37. The summed E-state index contributed by atoms with van der Waals surface area (Å²) in [6, 6.07) is 7.50. The molecule has 0 spiro atoms. The van der Waals surface area contributed by atoms with Gasteiger partial charge in [0.25, 0.3) is 0 Å². The summed E-state index contributed by atoms with van der Waals surface area (Å²) in [6.07, 6.45) is 5.95. The van der Waals surface area contributed by atoms with Crippen LogP contribution >= 0.6 is 11.8 Å². The molecule has 0 unspecified atom stereocenters. The van der Waals surface area contributed by atoms with Crippen molar-refractivity contribution in [3.8, 4) is 17.1 Å². The lowest BCUT2D eigenvalue weighted by atomic mass is 9.79. The quantitative estimate of drug-likeness (QED) is 0.454. The number of methoxy groups -OCH3 is 1. The molecule has 0 radical (unpaired) electrons. The smallest absolute Gasteiger partial charge is 0.230 e. The second kappa shape index (κ2) is 10.5. The Balaban J connectivity index is 1.35. The van der Waals surface area contributed by atoms with Crippen molar-refractivity contribution in [1.82, 2.24) is 25.1 Å². The van der Waals surface area contributed by atoms with Crippen LogP contribution in [-0.4, -0.2) is 76.9 Å². The van der Waals surface area contributed by atoms with E-state index < -0.39 is 0 Å². The number of benzene rings is 1. The van der Waals surface area contributed by atoms with Crippen molar-refractivity contribution in [2.45, 2.75) is 42.8 Å².